The van der Waals surface area contributed by atoms with Crippen LogP contribution in [0.2, 0.25) is 0 Å². The number of carbonyl (C=O) groups is 4. The van der Waals surface area contributed by atoms with Crippen molar-refractivity contribution in [3.05, 3.63) is 0 Å². The highest BCUT2D eigenvalue weighted by Crippen LogP contribution is 2.20. The van der Waals surface area contributed by atoms with Crippen molar-refractivity contribution in [2.45, 2.75) is 52.2 Å². The molecule has 1 saturated heterocycles. The van der Waals surface area contributed by atoms with Crippen LogP contribution in [0.4, 0.5) is 0 Å². The number of rotatable bonds is 10. The molecule has 0 aromatic carbocycles. The van der Waals surface area contributed by atoms with Gasteiger partial charge < -0.3 is 30.5 Å². The number of esters is 1. The van der Waals surface area contributed by atoms with Crippen LogP contribution in [-0.4, -0.2) is 83.8 Å². The van der Waals surface area contributed by atoms with Gasteiger partial charge in [0, 0.05) is 24.9 Å². The molecule has 1 fully saturated rings. The summed E-state index contributed by atoms with van der Waals surface area (Å²) in [5.41, 5.74) is -0.995. The molecule has 28 heavy (non-hydrogen) atoms. The second kappa shape index (κ2) is 11.0. The van der Waals surface area contributed by atoms with Gasteiger partial charge in [0.05, 0.1) is 13.2 Å². The minimum absolute atomic E-state index is 0.00387. The van der Waals surface area contributed by atoms with Crippen LogP contribution in [0.3, 0.4) is 0 Å². The van der Waals surface area contributed by atoms with E-state index in [1.54, 1.807) is 20.8 Å². The van der Waals surface area contributed by atoms with Gasteiger partial charge >= 0.3 is 5.97 Å². The Kier molecular flexibility index (Phi) is 9.33. The van der Waals surface area contributed by atoms with Gasteiger partial charge in [-0.3, -0.25) is 19.2 Å². The van der Waals surface area contributed by atoms with Crippen LogP contribution in [0.1, 0.15) is 40.0 Å². The van der Waals surface area contributed by atoms with Gasteiger partial charge in [-0.25, -0.2) is 0 Å². The van der Waals surface area contributed by atoms with E-state index in [1.807, 2.05) is 0 Å². The third kappa shape index (κ3) is 6.75. The lowest BCUT2D eigenvalue weighted by molar-refractivity contribution is -0.144. The van der Waals surface area contributed by atoms with Crippen LogP contribution in [0.5, 0.6) is 0 Å². The van der Waals surface area contributed by atoms with Crippen LogP contribution in [-0.2, 0) is 23.9 Å². The molecule has 10 nitrogen and oxygen atoms in total. The summed E-state index contributed by atoms with van der Waals surface area (Å²) in [5.74, 6) is -1.93. The quantitative estimate of drug-likeness (QED) is 0.327. The van der Waals surface area contributed by atoms with E-state index in [0.717, 1.165) is 0 Å². The van der Waals surface area contributed by atoms with Crippen molar-refractivity contribution in [2.24, 2.45) is 5.41 Å². The van der Waals surface area contributed by atoms with Gasteiger partial charge in [0.2, 0.25) is 17.7 Å². The number of nitrogens with one attached hydrogen (secondary N) is 2. The van der Waals surface area contributed by atoms with Crippen LogP contribution in [0.15, 0.2) is 0 Å². The highest BCUT2D eigenvalue weighted by atomic mass is 16.5. The zero-order chi connectivity index (χ0) is 21.3. The Bertz CT molecular complexity index is 580. The molecule has 1 rings (SSSR count). The number of amides is 3. The van der Waals surface area contributed by atoms with Crippen LogP contribution < -0.4 is 10.6 Å². The summed E-state index contributed by atoms with van der Waals surface area (Å²) in [6.45, 7) is 4.79. The SMILES string of the molecule is CCOC(=O)CNC(=O)[C@@H]1CCCN1C(=O)CCNC(=O)[C@H](O)C(C)(C)CO. The molecule has 0 bridgehead atoms. The predicted molar refractivity (Wildman–Crippen MR) is 98.9 cm³/mol. The van der Waals surface area contributed by atoms with Gasteiger partial charge in [0.1, 0.15) is 18.7 Å². The second-order valence-corrected chi connectivity index (χ2v) is 7.36. The maximum atomic E-state index is 12.4. The maximum absolute atomic E-state index is 12.4. The lowest BCUT2D eigenvalue weighted by Crippen LogP contribution is -2.48. The summed E-state index contributed by atoms with van der Waals surface area (Å²) in [6, 6.07) is -0.656. The first-order chi connectivity index (χ1) is 13.1. The number of aliphatic hydroxyl groups is 2. The molecule has 0 aromatic rings. The van der Waals surface area contributed by atoms with Gasteiger partial charge in [-0.05, 0) is 19.8 Å². The number of likely N-dealkylation sites (tertiary alicyclic amines) is 1. The smallest absolute Gasteiger partial charge is 0.325 e. The molecular weight excluding hydrogens is 370 g/mol. The number of ether oxygens (including phenoxy) is 1. The molecule has 0 aliphatic carbocycles. The minimum Gasteiger partial charge on any atom is -0.465 e. The molecule has 0 aromatic heterocycles. The van der Waals surface area contributed by atoms with Gasteiger partial charge in [-0.2, -0.15) is 0 Å². The lowest BCUT2D eigenvalue weighted by atomic mass is 9.87. The van der Waals surface area contributed by atoms with Crippen molar-refractivity contribution in [3.8, 4) is 0 Å². The lowest BCUT2D eigenvalue weighted by Gasteiger charge is -2.27. The Balaban J connectivity index is 2.47. The topological polar surface area (TPSA) is 145 Å². The van der Waals surface area contributed by atoms with Crippen molar-refractivity contribution in [1.29, 1.82) is 0 Å². The predicted octanol–water partition coefficient (Wildman–Crippen LogP) is -1.46. The Labute approximate surface area is 164 Å². The largest absolute Gasteiger partial charge is 0.465 e. The Morgan fingerprint density at radius 2 is 1.93 bits per heavy atom. The fourth-order valence-electron chi connectivity index (χ4n) is 2.80. The zero-order valence-corrected chi connectivity index (χ0v) is 16.7. The summed E-state index contributed by atoms with van der Waals surface area (Å²) in [6.07, 6.45) is -0.268. The number of hydrogen-bond donors (Lipinski definition) is 4. The van der Waals surface area contributed by atoms with E-state index in [4.69, 9.17) is 4.74 Å². The third-order valence-corrected chi connectivity index (χ3v) is 4.62. The molecule has 1 aliphatic rings. The van der Waals surface area contributed by atoms with E-state index in [0.29, 0.717) is 19.4 Å². The van der Waals surface area contributed by atoms with Crippen molar-refractivity contribution < 1.29 is 34.1 Å². The molecule has 0 saturated carbocycles. The molecule has 0 radical (unpaired) electrons. The summed E-state index contributed by atoms with van der Waals surface area (Å²) in [7, 11) is 0. The normalized spacial score (nSPS) is 17.8. The van der Waals surface area contributed by atoms with E-state index in [1.165, 1.54) is 4.90 Å². The van der Waals surface area contributed by atoms with Gasteiger partial charge in [0.25, 0.3) is 0 Å². The first-order valence-electron chi connectivity index (χ1n) is 9.43. The molecule has 10 heteroatoms. The molecule has 1 heterocycles. The zero-order valence-electron chi connectivity index (χ0n) is 16.7. The molecular formula is C18H31N3O7. The van der Waals surface area contributed by atoms with Crippen LogP contribution >= 0.6 is 0 Å². The maximum Gasteiger partial charge on any atom is 0.325 e. The first kappa shape index (κ1) is 23.8. The molecule has 4 N–H and O–H groups in total. The van der Waals surface area contributed by atoms with Crippen molar-refractivity contribution in [2.75, 3.05) is 32.8 Å². The second-order valence-electron chi connectivity index (χ2n) is 7.36. The molecule has 0 unspecified atom stereocenters. The molecule has 2 atom stereocenters. The summed E-state index contributed by atoms with van der Waals surface area (Å²) >= 11 is 0. The van der Waals surface area contributed by atoms with E-state index in [2.05, 4.69) is 10.6 Å². The molecule has 1 aliphatic heterocycles. The van der Waals surface area contributed by atoms with Crippen molar-refractivity contribution in [3.63, 3.8) is 0 Å². The monoisotopic (exact) mass is 401 g/mol. The fourth-order valence-corrected chi connectivity index (χ4v) is 2.80. The molecule has 0 spiro atoms. The number of nitrogens with zero attached hydrogens (tertiary/aromatic N) is 1. The Morgan fingerprint density at radius 1 is 1.25 bits per heavy atom. The van der Waals surface area contributed by atoms with Crippen molar-refractivity contribution >= 4 is 23.7 Å². The number of carbonyl (C=O) groups excluding carboxylic acids is 4. The average Bonchev–Trinajstić information content (AvgIpc) is 3.15. The highest BCUT2D eigenvalue weighted by Gasteiger charge is 2.35. The van der Waals surface area contributed by atoms with E-state index >= 15 is 0 Å². The molecule has 3 amide bonds. The summed E-state index contributed by atoms with van der Waals surface area (Å²) in [4.78, 5) is 49.3. The van der Waals surface area contributed by atoms with E-state index in [-0.39, 0.29) is 38.6 Å². The van der Waals surface area contributed by atoms with Crippen molar-refractivity contribution in [1.82, 2.24) is 15.5 Å². The Morgan fingerprint density at radius 3 is 2.54 bits per heavy atom. The fraction of sp³-hybridized carbons (Fsp3) is 0.778. The summed E-state index contributed by atoms with van der Waals surface area (Å²) in [5, 5.41) is 24.1. The highest BCUT2D eigenvalue weighted by molar-refractivity contribution is 5.90. The summed E-state index contributed by atoms with van der Waals surface area (Å²) < 4.78 is 4.75. The van der Waals surface area contributed by atoms with Crippen LogP contribution in [0.25, 0.3) is 0 Å². The van der Waals surface area contributed by atoms with E-state index < -0.39 is 35.3 Å². The molecule has 160 valence electrons. The van der Waals surface area contributed by atoms with Gasteiger partial charge in [0.15, 0.2) is 0 Å². The van der Waals surface area contributed by atoms with E-state index in [9.17, 15) is 29.4 Å². The number of hydrogen-bond acceptors (Lipinski definition) is 7. The third-order valence-electron chi connectivity index (χ3n) is 4.62. The average molecular weight is 401 g/mol. The standard InChI is InChI=1S/C18H31N3O7/c1-4-28-14(24)10-20-16(26)12-6-5-9-21(12)13(23)7-8-19-17(27)15(25)18(2,3)11-22/h12,15,22,25H,4-11H2,1-3H3,(H,19,27)(H,20,26)/t12-,15-/m0/s1. The van der Waals surface area contributed by atoms with Crippen LogP contribution in [0, 0.1) is 5.41 Å². The Hall–Kier alpha value is -2.20. The van der Waals surface area contributed by atoms with Gasteiger partial charge in [-0.15, -0.1) is 0 Å². The minimum atomic E-state index is -1.40. The number of aliphatic hydroxyl groups excluding tert-OH is 2. The van der Waals surface area contributed by atoms with Gasteiger partial charge in [-0.1, -0.05) is 13.8 Å². The first-order valence-corrected chi connectivity index (χ1v) is 9.43.